The summed E-state index contributed by atoms with van der Waals surface area (Å²) >= 11 is 5.82. The number of aromatic nitrogens is 1. The minimum absolute atomic E-state index is 0.127. The van der Waals surface area contributed by atoms with Crippen molar-refractivity contribution < 1.29 is 0 Å². The van der Waals surface area contributed by atoms with Gasteiger partial charge >= 0.3 is 0 Å². The molecule has 1 aliphatic rings. The van der Waals surface area contributed by atoms with E-state index in [0.717, 1.165) is 12.8 Å². The molecule has 3 heteroatoms. The first-order valence-corrected chi connectivity index (χ1v) is 4.94. The van der Waals surface area contributed by atoms with Crippen molar-refractivity contribution in [2.24, 2.45) is 5.73 Å². The first-order valence-electron chi connectivity index (χ1n) is 4.56. The van der Waals surface area contributed by atoms with Crippen LogP contribution in [-0.2, 0) is 6.42 Å². The molecular weight excluding hydrogens is 184 g/mol. The summed E-state index contributed by atoms with van der Waals surface area (Å²) in [5, 5.41) is 0.708. The van der Waals surface area contributed by atoms with Gasteiger partial charge in [0.25, 0.3) is 0 Å². The maximum absolute atomic E-state index is 5.98. The molecule has 2 nitrogen and oxygen atoms in total. The van der Waals surface area contributed by atoms with Gasteiger partial charge in [-0.05, 0) is 37.3 Å². The van der Waals surface area contributed by atoms with E-state index in [1.807, 2.05) is 12.3 Å². The lowest BCUT2D eigenvalue weighted by molar-refractivity contribution is 0.608. The van der Waals surface area contributed by atoms with Gasteiger partial charge in [0.2, 0.25) is 0 Å². The van der Waals surface area contributed by atoms with Gasteiger partial charge in [0.05, 0.1) is 5.02 Å². The van der Waals surface area contributed by atoms with Crippen LogP contribution in [0.15, 0.2) is 18.5 Å². The van der Waals surface area contributed by atoms with Gasteiger partial charge in [-0.3, -0.25) is 4.98 Å². The summed E-state index contributed by atoms with van der Waals surface area (Å²) in [5.41, 5.74) is 7.29. The summed E-state index contributed by atoms with van der Waals surface area (Å²) in [6.07, 6.45) is 7.89. The second-order valence-corrected chi connectivity index (χ2v) is 4.31. The van der Waals surface area contributed by atoms with Gasteiger partial charge < -0.3 is 5.73 Å². The number of nitrogens with zero attached hydrogens (tertiary/aromatic N) is 1. The van der Waals surface area contributed by atoms with Crippen LogP contribution in [0.5, 0.6) is 0 Å². The topological polar surface area (TPSA) is 38.9 Å². The monoisotopic (exact) mass is 196 g/mol. The van der Waals surface area contributed by atoms with Crippen molar-refractivity contribution in [1.82, 2.24) is 4.98 Å². The number of rotatable bonds is 3. The Bertz CT molecular complexity index is 308. The van der Waals surface area contributed by atoms with E-state index in [-0.39, 0.29) is 5.54 Å². The molecular formula is C10H13ClN2. The number of hydrogen-bond acceptors (Lipinski definition) is 2. The molecule has 0 spiro atoms. The van der Waals surface area contributed by atoms with Crippen LogP contribution in [0.2, 0.25) is 5.02 Å². The Morgan fingerprint density at radius 1 is 1.46 bits per heavy atom. The quantitative estimate of drug-likeness (QED) is 0.805. The molecule has 0 bridgehead atoms. The van der Waals surface area contributed by atoms with Crippen LogP contribution in [0.1, 0.15) is 24.8 Å². The lowest BCUT2D eigenvalue weighted by Crippen LogP contribution is -2.22. The minimum atomic E-state index is 0.127. The van der Waals surface area contributed by atoms with Crippen LogP contribution < -0.4 is 5.73 Å². The van der Waals surface area contributed by atoms with Gasteiger partial charge in [-0.1, -0.05) is 11.6 Å². The molecule has 1 aromatic rings. The van der Waals surface area contributed by atoms with Crippen molar-refractivity contribution in [3.8, 4) is 0 Å². The van der Waals surface area contributed by atoms with Crippen LogP contribution in [0.25, 0.3) is 0 Å². The van der Waals surface area contributed by atoms with E-state index in [1.54, 1.807) is 6.20 Å². The fraction of sp³-hybridized carbons (Fsp3) is 0.500. The SMILES string of the molecule is NC1(CCc2cncc(Cl)c2)CC1. The van der Waals surface area contributed by atoms with Gasteiger partial charge in [-0.25, -0.2) is 0 Å². The van der Waals surface area contributed by atoms with E-state index in [4.69, 9.17) is 17.3 Å². The second kappa shape index (κ2) is 3.28. The molecule has 0 atom stereocenters. The molecule has 2 N–H and O–H groups in total. The van der Waals surface area contributed by atoms with Crippen LogP contribution in [0.3, 0.4) is 0 Å². The average Bonchev–Trinajstić information content (AvgIpc) is 2.82. The summed E-state index contributed by atoms with van der Waals surface area (Å²) in [6.45, 7) is 0. The zero-order valence-corrected chi connectivity index (χ0v) is 8.22. The Hall–Kier alpha value is -0.600. The molecule has 13 heavy (non-hydrogen) atoms. The van der Waals surface area contributed by atoms with Crippen molar-refractivity contribution in [2.75, 3.05) is 0 Å². The second-order valence-electron chi connectivity index (χ2n) is 3.87. The van der Waals surface area contributed by atoms with Crippen LogP contribution in [0, 0.1) is 0 Å². The lowest BCUT2D eigenvalue weighted by Gasteiger charge is -2.07. The highest BCUT2D eigenvalue weighted by Gasteiger charge is 2.37. The van der Waals surface area contributed by atoms with Gasteiger partial charge in [0.1, 0.15) is 0 Å². The molecule has 0 amide bonds. The van der Waals surface area contributed by atoms with Crippen molar-refractivity contribution in [3.05, 3.63) is 29.0 Å². The smallest absolute Gasteiger partial charge is 0.0592 e. The van der Waals surface area contributed by atoms with Gasteiger partial charge in [0, 0.05) is 17.9 Å². The highest BCUT2D eigenvalue weighted by atomic mass is 35.5. The van der Waals surface area contributed by atoms with E-state index in [2.05, 4.69) is 4.98 Å². The van der Waals surface area contributed by atoms with Crippen molar-refractivity contribution >= 4 is 11.6 Å². The predicted octanol–water partition coefficient (Wildman–Crippen LogP) is 2.16. The predicted molar refractivity (Wildman–Crippen MR) is 53.7 cm³/mol. The molecule has 1 heterocycles. The number of aryl methyl sites for hydroxylation is 1. The van der Waals surface area contributed by atoms with Gasteiger partial charge in [0.15, 0.2) is 0 Å². The Kier molecular flexibility index (Phi) is 2.26. The normalized spacial score (nSPS) is 18.6. The Labute approximate surface area is 83.1 Å². The molecule has 1 aliphatic carbocycles. The molecule has 0 aliphatic heterocycles. The molecule has 1 saturated carbocycles. The van der Waals surface area contributed by atoms with E-state index in [1.165, 1.54) is 18.4 Å². The van der Waals surface area contributed by atoms with E-state index in [0.29, 0.717) is 5.02 Å². The first kappa shape index (κ1) is 8.97. The molecule has 1 fully saturated rings. The maximum atomic E-state index is 5.98. The summed E-state index contributed by atoms with van der Waals surface area (Å²) in [5.74, 6) is 0. The largest absolute Gasteiger partial charge is 0.325 e. The molecule has 0 unspecified atom stereocenters. The van der Waals surface area contributed by atoms with Crippen LogP contribution >= 0.6 is 11.6 Å². The summed E-state index contributed by atoms with van der Waals surface area (Å²) in [6, 6.07) is 1.96. The number of hydrogen-bond donors (Lipinski definition) is 1. The first-order chi connectivity index (χ1) is 6.18. The van der Waals surface area contributed by atoms with E-state index >= 15 is 0 Å². The zero-order chi connectivity index (χ0) is 9.31. The summed E-state index contributed by atoms with van der Waals surface area (Å²) in [4.78, 5) is 4.03. The lowest BCUT2D eigenvalue weighted by atomic mass is 10.1. The molecule has 70 valence electrons. The fourth-order valence-corrected chi connectivity index (χ4v) is 1.59. The highest BCUT2D eigenvalue weighted by Crippen LogP contribution is 2.36. The Morgan fingerprint density at radius 2 is 2.23 bits per heavy atom. The van der Waals surface area contributed by atoms with Crippen LogP contribution in [-0.4, -0.2) is 10.5 Å². The molecule has 1 aromatic heterocycles. The summed E-state index contributed by atoms with van der Waals surface area (Å²) < 4.78 is 0. The fourth-order valence-electron chi connectivity index (χ4n) is 1.40. The molecule has 0 radical (unpaired) electrons. The van der Waals surface area contributed by atoms with E-state index in [9.17, 15) is 0 Å². The zero-order valence-electron chi connectivity index (χ0n) is 7.46. The molecule has 2 rings (SSSR count). The maximum Gasteiger partial charge on any atom is 0.0592 e. The van der Waals surface area contributed by atoms with Gasteiger partial charge in [-0.2, -0.15) is 0 Å². The minimum Gasteiger partial charge on any atom is -0.325 e. The average molecular weight is 197 g/mol. The van der Waals surface area contributed by atoms with Gasteiger partial charge in [-0.15, -0.1) is 0 Å². The number of nitrogens with two attached hydrogens (primary N) is 1. The highest BCUT2D eigenvalue weighted by molar-refractivity contribution is 6.30. The Morgan fingerprint density at radius 3 is 2.85 bits per heavy atom. The van der Waals surface area contributed by atoms with Crippen LogP contribution in [0.4, 0.5) is 0 Å². The molecule has 0 aromatic carbocycles. The number of halogens is 1. The third-order valence-corrected chi connectivity index (χ3v) is 2.77. The standard InChI is InChI=1S/C10H13ClN2/c11-9-5-8(6-13-7-9)1-2-10(12)3-4-10/h5-7H,1-4,12H2. The third kappa shape index (κ3) is 2.42. The molecule has 0 saturated heterocycles. The van der Waals surface area contributed by atoms with Crippen molar-refractivity contribution in [3.63, 3.8) is 0 Å². The van der Waals surface area contributed by atoms with Crippen molar-refractivity contribution in [1.29, 1.82) is 0 Å². The van der Waals surface area contributed by atoms with Crippen molar-refractivity contribution in [2.45, 2.75) is 31.2 Å². The third-order valence-electron chi connectivity index (χ3n) is 2.57. The summed E-state index contributed by atoms with van der Waals surface area (Å²) in [7, 11) is 0. The Balaban J connectivity index is 1.94. The van der Waals surface area contributed by atoms with E-state index < -0.39 is 0 Å². The number of pyridine rings is 1.